The molecule has 1 aromatic rings. The lowest BCUT2D eigenvalue weighted by atomic mass is 9.74. The second-order valence-electron chi connectivity index (χ2n) is 10.5. The van der Waals surface area contributed by atoms with Crippen molar-refractivity contribution in [2.24, 2.45) is 23.2 Å². The third-order valence-corrected chi connectivity index (χ3v) is 8.24. The molecule has 2 fully saturated rings. The summed E-state index contributed by atoms with van der Waals surface area (Å²) in [4.78, 5) is 29.2. The molecule has 1 aromatic carbocycles. The van der Waals surface area contributed by atoms with Gasteiger partial charge in [-0.15, -0.1) is 0 Å². The topological polar surface area (TPSA) is 70.1 Å². The largest absolute Gasteiger partial charge is 0.481 e. The number of likely N-dealkylation sites (tertiary alicyclic amines) is 1. The molecular formula is C25H33F3N2O4. The van der Waals surface area contributed by atoms with E-state index in [1.807, 2.05) is 20.8 Å². The van der Waals surface area contributed by atoms with Crippen molar-refractivity contribution in [2.45, 2.75) is 65.2 Å². The quantitative estimate of drug-likeness (QED) is 0.678. The lowest BCUT2D eigenvalue weighted by Gasteiger charge is -2.41. The number of rotatable bonds is 4. The van der Waals surface area contributed by atoms with Crippen LogP contribution in [0, 0.1) is 23.2 Å². The van der Waals surface area contributed by atoms with E-state index < -0.39 is 23.1 Å². The van der Waals surface area contributed by atoms with Crippen LogP contribution in [0.2, 0.25) is 0 Å². The second kappa shape index (κ2) is 9.06. The van der Waals surface area contributed by atoms with Gasteiger partial charge < -0.3 is 19.6 Å². The number of carbonyl (C=O) groups is 2. The van der Waals surface area contributed by atoms with E-state index in [-0.39, 0.29) is 43.0 Å². The predicted octanol–water partition coefficient (Wildman–Crippen LogP) is 4.62. The molecule has 2 unspecified atom stereocenters. The molecule has 0 radical (unpaired) electrons. The summed E-state index contributed by atoms with van der Waals surface area (Å²) in [6.45, 7) is 7.55. The molecule has 4 atom stereocenters. The van der Waals surface area contributed by atoms with Gasteiger partial charge in [0.1, 0.15) is 5.75 Å². The van der Waals surface area contributed by atoms with Crippen molar-refractivity contribution in [1.82, 2.24) is 9.80 Å². The molecule has 1 N–H and O–H groups in total. The number of carboxylic acid groups (broad SMARTS) is 1. The standard InChI is InChI=1S/C25H33F3N2O4/c1-15(2)24(8-6-19(11-24)29-9-7-20(22(31)32)16(3)12-29)23(33)30-13-17-10-18(25(26,27)28)4-5-21(17)34-14-30/h4-5,10,15-16,19-20H,6-9,11-14H2,1-3H3,(H,31,32)/t16?,19-,20?,24+/m1/s1. The number of carbonyl (C=O) groups excluding carboxylic acids is 1. The molecule has 0 bridgehead atoms. The van der Waals surface area contributed by atoms with Crippen molar-refractivity contribution in [1.29, 1.82) is 0 Å². The molecular weight excluding hydrogens is 449 g/mol. The Labute approximate surface area is 198 Å². The Morgan fingerprint density at radius 2 is 1.97 bits per heavy atom. The number of ether oxygens (including phenoxy) is 1. The number of aliphatic carboxylic acids is 1. The minimum absolute atomic E-state index is 0.0252. The Kier molecular flexibility index (Phi) is 6.61. The van der Waals surface area contributed by atoms with Gasteiger partial charge in [0, 0.05) is 18.2 Å². The molecule has 3 aliphatic rings. The van der Waals surface area contributed by atoms with Crippen molar-refractivity contribution >= 4 is 11.9 Å². The van der Waals surface area contributed by atoms with Crippen LogP contribution >= 0.6 is 0 Å². The smallest absolute Gasteiger partial charge is 0.416 e. The summed E-state index contributed by atoms with van der Waals surface area (Å²) in [6.07, 6.45) is -1.64. The highest BCUT2D eigenvalue weighted by Gasteiger charge is 2.51. The number of alkyl halides is 3. The Hall–Kier alpha value is -2.29. The number of carboxylic acids is 1. The van der Waals surface area contributed by atoms with E-state index in [0.29, 0.717) is 43.7 Å². The Morgan fingerprint density at radius 3 is 2.59 bits per heavy atom. The first-order valence-electron chi connectivity index (χ1n) is 12.0. The van der Waals surface area contributed by atoms with E-state index in [4.69, 9.17) is 4.74 Å². The van der Waals surface area contributed by atoms with Crippen LogP contribution < -0.4 is 4.74 Å². The molecule has 2 heterocycles. The number of amides is 1. The number of benzene rings is 1. The molecule has 1 saturated heterocycles. The highest BCUT2D eigenvalue weighted by Crippen LogP contribution is 2.49. The lowest BCUT2D eigenvalue weighted by molar-refractivity contribution is -0.150. The normalized spacial score (nSPS) is 30.2. The fourth-order valence-electron chi connectivity index (χ4n) is 6.07. The fraction of sp³-hybridized carbons (Fsp3) is 0.680. The summed E-state index contributed by atoms with van der Waals surface area (Å²) in [5.41, 5.74) is -0.991. The van der Waals surface area contributed by atoms with Crippen LogP contribution in [0.15, 0.2) is 18.2 Å². The monoisotopic (exact) mass is 482 g/mol. The van der Waals surface area contributed by atoms with Crippen LogP contribution in [-0.2, 0) is 22.3 Å². The molecule has 34 heavy (non-hydrogen) atoms. The molecule has 9 heteroatoms. The minimum atomic E-state index is -4.45. The molecule has 2 aliphatic heterocycles. The molecule has 188 valence electrons. The van der Waals surface area contributed by atoms with E-state index in [1.165, 1.54) is 6.07 Å². The first kappa shape index (κ1) is 24.8. The third kappa shape index (κ3) is 4.51. The number of hydrogen-bond donors (Lipinski definition) is 1. The van der Waals surface area contributed by atoms with Gasteiger partial charge in [-0.1, -0.05) is 20.8 Å². The van der Waals surface area contributed by atoms with Crippen LogP contribution in [0.5, 0.6) is 5.75 Å². The Morgan fingerprint density at radius 1 is 1.24 bits per heavy atom. The van der Waals surface area contributed by atoms with E-state index in [1.54, 1.807) is 4.90 Å². The molecule has 1 aliphatic carbocycles. The Bertz CT molecular complexity index is 951. The predicted molar refractivity (Wildman–Crippen MR) is 119 cm³/mol. The molecule has 1 saturated carbocycles. The van der Waals surface area contributed by atoms with Crippen molar-refractivity contribution in [3.63, 3.8) is 0 Å². The number of piperidine rings is 1. The minimum Gasteiger partial charge on any atom is -0.481 e. The van der Waals surface area contributed by atoms with Crippen LogP contribution in [-0.4, -0.2) is 52.6 Å². The van der Waals surface area contributed by atoms with Gasteiger partial charge in [0.15, 0.2) is 6.73 Å². The van der Waals surface area contributed by atoms with Crippen molar-refractivity contribution in [2.75, 3.05) is 19.8 Å². The molecule has 1 amide bonds. The van der Waals surface area contributed by atoms with E-state index in [9.17, 15) is 27.9 Å². The first-order valence-corrected chi connectivity index (χ1v) is 12.0. The van der Waals surface area contributed by atoms with E-state index >= 15 is 0 Å². The highest BCUT2D eigenvalue weighted by atomic mass is 19.4. The maximum atomic E-state index is 13.8. The summed E-state index contributed by atoms with van der Waals surface area (Å²) in [5, 5.41) is 9.42. The Balaban J connectivity index is 1.49. The van der Waals surface area contributed by atoms with E-state index in [0.717, 1.165) is 18.6 Å². The fourth-order valence-corrected chi connectivity index (χ4v) is 6.07. The summed E-state index contributed by atoms with van der Waals surface area (Å²) in [7, 11) is 0. The summed E-state index contributed by atoms with van der Waals surface area (Å²) >= 11 is 0. The van der Waals surface area contributed by atoms with Gasteiger partial charge in [0.05, 0.1) is 23.4 Å². The zero-order chi connectivity index (χ0) is 24.8. The maximum absolute atomic E-state index is 13.8. The van der Waals surface area contributed by atoms with Gasteiger partial charge in [0.2, 0.25) is 5.91 Å². The van der Waals surface area contributed by atoms with E-state index in [2.05, 4.69) is 4.90 Å². The number of hydrogen-bond acceptors (Lipinski definition) is 4. The zero-order valence-electron chi connectivity index (χ0n) is 19.9. The first-order chi connectivity index (χ1) is 15.9. The second-order valence-corrected chi connectivity index (χ2v) is 10.5. The number of halogens is 3. The van der Waals surface area contributed by atoms with Crippen LogP contribution in [0.3, 0.4) is 0 Å². The average Bonchev–Trinajstić information content (AvgIpc) is 3.24. The van der Waals surface area contributed by atoms with Gasteiger partial charge in [0.25, 0.3) is 0 Å². The number of nitrogens with zero attached hydrogens (tertiary/aromatic N) is 2. The van der Waals surface area contributed by atoms with Crippen LogP contribution in [0.1, 0.15) is 57.6 Å². The summed E-state index contributed by atoms with van der Waals surface area (Å²) in [6, 6.07) is 3.59. The maximum Gasteiger partial charge on any atom is 0.416 e. The van der Waals surface area contributed by atoms with Gasteiger partial charge in [-0.2, -0.15) is 13.2 Å². The van der Waals surface area contributed by atoms with Crippen molar-refractivity contribution in [3.8, 4) is 5.75 Å². The molecule has 6 nitrogen and oxygen atoms in total. The summed E-state index contributed by atoms with van der Waals surface area (Å²) < 4.78 is 45.2. The molecule has 0 aromatic heterocycles. The average molecular weight is 483 g/mol. The highest BCUT2D eigenvalue weighted by molar-refractivity contribution is 5.83. The zero-order valence-corrected chi connectivity index (χ0v) is 19.9. The van der Waals surface area contributed by atoms with Crippen LogP contribution in [0.4, 0.5) is 13.2 Å². The van der Waals surface area contributed by atoms with Gasteiger partial charge >= 0.3 is 12.1 Å². The third-order valence-electron chi connectivity index (χ3n) is 8.24. The molecule has 0 spiro atoms. The van der Waals surface area contributed by atoms with Crippen LogP contribution in [0.25, 0.3) is 0 Å². The molecule has 4 rings (SSSR count). The van der Waals surface area contributed by atoms with Crippen molar-refractivity contribution in [3.05, 3.63) is 29.3 Å². The number of fused-ring (bicyclic) bond motifs is 1. The van der Waals surface area contributed by atoms with Crippen molar-refractivity contribution < 1.29 is 32.6 Å². The summed E-state index contributed by atoms with van der Waals surface area (Å²) in [5.74, 6) is -0.657. The van der Waals surface area contributed by atoms with Gasteiger partial charge in [-0.25, -0.2) is 0 Å². The lowest BCUT2D eigenvalue weighted by Crippen LogP contribution is -2.50. The SMILES string of the molecule is CC1CN([C@@H]2CC[C@@](C(=O)N3COc4ccc(C(F)(F)F)cc4C3)(C(C)C)C2)CCC1C(=O)O. The van der Waals surface area contributed by atoms with Gasteiger partial charge in [-0.05, 0) is 62.3 Å². The van der Waals surface area contributed by atoms with Gasteiger partial charge in [-0.3, -0.25) is 9.59 Å².